The molecule has 0 amide bonds. The van der Waals surface area contributed by atoms with E-state index in [1.165, 1.54) is 13.0 Å². The summed E-state index contributed by atoms with van der Waals surface area (Å²) in [6.07, 6.45) is 0.609. The van der Waals surface area contributed by atoms with Crippen LogP contribution in [0.4, 0.5) is 0 Å². The summed E-state index contributed by atoms with van der Waals surface area (Å²) in [7, 11) is 0. The van der Waals surface area contributed by atoms with Gasteiger partial charge in [-0.25, -0.2) is 0 Å². The van der Waals surface area contributed by atoms with Gasteiger partial charge in [0.25, 0.3) is 0 Å². The second-order valence-corrected chi connectivity index (χ2v) is 4.05. The summed E-state index contributed by atoms with van der Waals surface area (Å²) in [6.45, 7) is 1.36. The minimum atomic E-state index is -0.366. The zero-order valence-corrected chi connectivity index (χ0v) is 10.1. The summed E-state index contributed by atoms with van der Waals surface area (Å²) in [5.74, 6) is 0.288. The molecule has 0 saturated carbocycles. The number of carbonyl (C=O) groups excluding carboxylic acids is 1. The van der Waals surface area contributed by atoms with Crippen LogP contribution in [0.2, 0.25) is 0 Å². The molecule has 0 atom stereocenters. The molecule has 0 bridgehead atoms. The second kappa shape index (κ2) is 5.36. The number of carbonyl (C=O) groups is 1. The second-order valence-electron chi connectivity index (χ2n) is 4.05. The van der Waals surface area contributed by atoms with Crippen LogP contribution in [0.25, 0.3) is 0 Å². The number of benzene rings is 2. The Kier molecular flexibility index (Phi) is 3.63. The van der Waals surface area contributed by atoms with Gasteiger partial charge in [0.2, 0.25) is 0 Å². The lowest BCUT2D eigenvalue weighted by atomic mass is 10.0. The van der Waals surface area contributed by atoms with Gasteiger partial charge >= 0.3 is 5.97 Å². The van der Waals surface area contributed by atoms with Crippen LogP contribution < -0.4 is 4.74 Å². The fourth-order valence-electron chi connectivity index (χ4n) is 1.77. The van der Waals surface area contributed by atoms with Gasteiger partial charge < -0.3 is 9.84 Å². The van der Waals surface area contributed by atoms with Crippen LogP contribution in [-0.2, 0) is 11.2 Å². The molecule has 0 spiro atoms. The van der Waals surface area contributed by atoms with Gasteiger partial charge in [0.15, 0.2) is 0 Å². The maximum atomic E-state index is 11.0. The number of hydrogen-bond acceptors (Lipinski definition) is 3. The third kappa shape index (κ3) is 3.10. The van der Waals surface area contributed by atoms with Gasteiger partial charge in [-0.15, -0.1) is 0 Å². The van der Waals surface area contributed by atoms with Crippen molar-refractivity contribution in [1.29, 1.82) is 0 Å². The highest BCUT2D eigenvalue weighted by molar-refractivity contribution is 5.70. The fourth-order valence-corrected chi connectivity index (χ4v) is 1.77. The van der Waals surface area contributed by atoms with Crippen molar-refractivity contribution in [3.63, 3.8) is 0 Å². The average molecular weight is 242 g/mol. The highest BCUT2D eigenvalue weighted by Gasteiger charge is 2.08. The number of rotatable bonds is 3. The first kappa shape index (κ1) is 12.2. The van der Waals surface area contributed by atoms with Crippen molar-refractivity contribution in [2.75, 3.05) is 0 Å². The molecule has 0 saturated heterocycles. The SMILES string of the molecule is CC(=O)Oc1ccc(O)cc1Cc1ccccc1. The molecule has 0 heterocycles. The first-order valence-corrected chi connectivity index (χ1v) is 5.69. The molecule has 92 valence electrons. The third-order valence-electron chi connectivity index (χ3n) is 2.54. The minimum Gasteiger partial charge on any atom is -0.508 e. The summed E-state index contributed by atoms with van der Waals surface area (Å²) in [5.41, 5.74) is 1.88. The smallest absolute Gasteiger partial charge is 0.308 e. The van der Waals surface area contributed by atoms with Crippen LogP contribution in [0, 0.1) is 0 Å². The van der Waals surface area contributed by atoms with Gasteiger partial charge in [-0.3, -0.25) is 4.79 Å². The highest BCUT2D eigenvalue weighted by atomic mass is 16.5. The zero-order valence-electron chi connectivity index (χ0n) is 10.1. The van der Waals surface area contributed by atoms with Crippen LogP contribution in [0.1, 0.15) is 18.1 Å². The van der Waals surface area contributed by atoms with Crippen LogP contribution in [-0.4, -0.2) is 11.1 Å². The Morgan fingerprint density at radius 3 is 2.56 bits per heavy atom. The molecule has 3 heteroatoms. The number of aromatic hydroxyl groups is 1. The Hall–Kier alpha value is -2.29. The Morgan fingerprint density at radius 1 is 1.17 bits per heavy atom. The molecule has 0 fully saturated rings. The predicted molar refractivity (Wildman–Crippen MR) is 68.7 cm³/mol. The molecule has 0 radical (unpaired) electrons. The molecule has 0 aliphatic carbocycles. The van der Waals surface area contributed by atoms with E-state index in [4.69, 9.17) is 4.74 Å². The van der Waals surface area contributed by atoms with E-state index in [2.05, 4.69) is 0 Å². The molecule has 0 aliphatic heterocycles. The topological polar surface area (TPSA) is 46.5 Å². The van der Waals surface area contributed by atoms with Crippen molar-refractivity contribution >= 4 is 5.97 Å². The van der Waals surface area contributed by atoms with Gasteiger partial charge in [-0.05, 0) is 23.8 Å². The maximum Gasteiger partial charge on any atom is 0.308 e. The summed E-state index contributed by atoms with van der Waals surface area (Å²) >= 11 is 0. The first-order chi connectivity index (χ1) is 8.65. The molecule has 0 aliphatic rings. The van der Waals surface area contributed by atoms with E-state index in [9.17, 15) is 9.90 Å². The van der Waals surface area contributed by atoms with E-state index in [1.54, 1.807) is 12.1 Å². The average Bonchev–Trinajstić information content (AvgIpc) is 2.33. The lowest BCUT2D eigenvalue weighted by molar-refractivity contribution is -0.131. The number of hydrogen-bond donors (Lipinski definition) is 1. The summed E-state index contributed by atoms with van der Waals surface area (Å²) < 4.78 is 5.12. The van der Waals surface area contributed by atoms with E-state index < -0.39 is 0 Å². The van der Waals surface area contributed by atoms with E-state index >= 15 is 0 Å². The largest absolute Gasteiger partial charge is 0.508 e. The number of phenols is 1. The lowest BCUT2D eigenvalue weighted by Gasteiger charge is -2.09. The van der Waals surface area contributed by atoms with Crippen molar-refractivity contribution in [1.82, 2.24) is 0 Å². The molecular formula is C15H14O3. The van der Waals surface area contributed by atoms with E-state index in [1.807, 2.05) is 30.3 Å². The third-order valence-corrected chi connectivity index (χ3v) is 2.54. The Bertz CT molecular complexity index is 547. The Labute approximate surface area is 106 Å². The van der Waals surface area contributed by atoms with Crippen molar-refractivity contribution in [2.24, 2.45) is 0 Å². The summed E-state index contributed by atoms with van der Waals surface area (Å²) in [6, 6.07) is 14.5. The fraction of sp³-hybridized carbons (Fsp3) is 0.133. The molecule has 18 heavy (non-hydrogen) atoms. The number of ether oxygens (including phenoxy) is 1. The Morgan fingerprint density at radius 2 is 1.89 bits per heavy atom. The molecule has 2 rings (SSSR count). The van der Waals surface area contributed by atoms with Gasteiger partial charge in [0.1, 0.15) is 11.5 Å². The first-order valence-electron chi connectivity index (χ1n) is 5.69. The van der Waals surface area contributed by atoms with Gasteiger partial charge in [-0.1, -0.05) is 30.3 Å². The molecule has 2 aromatic rings. The van der Waals surface area contributed by atoms with Crippen LogP contribution in [0.3, 0.4) is 0 Å². The van der Waals surface area contributed by atoms with E-state index in [0.29, 0.717) is 12.2 Å². The van der Waals surface area contributed by atoms with E-state index in [0.717, 1.165) is 11.1 Å². The molecule has 2 aromatic carbocycles. The van der Waals surface area contributed by atoms with Crippen molar-refractivity contribution in [3.05, 3.63) is 59.7 Å². The highest BCUT2D eigenvalue weighted by Crippen LogP contribution is 2.26. The van der Waals surface area contributed by atoms with Gasteiger partial charge in [-0.2, -0.15) is 0 Å². The van der Waals surface area contributed by atoms with Crippen molar-refractivity contribution in [3.8, 4) is 11.5 Å². The molecule has 1 N–H and O–H groups in total. The van der Waals surface area contributed by atoms with Crippen LogP contribution in [0.5, 0.6) is 11.5 Å². The number of phenolic OH excluding ortho intramolecular Hbond substituents is 1. The van der Waals surface area contributed by atoms with Gasteiger partial charge in [0, 0.05) is 18.9 Å². The molecular weight excluding hydrogens is 228 g/mol. The molecule has 0 unspecified atom stereocenters. The standard InChI is InChI=1S/C15H14O3/c1-11(16)18-15-8-7-14(17)10-13(15)9-12-5-3-2-4-6-12/h2-8,10,17H,9H2,1H3. The summed E-state index contributed by atoms with van der Waals surface area (Å²) in [4.78, 5) is 11.0. The quantitative estimate of drug-likeness (QED) is 0.665. The van der Waals surface area contributed by atoms with Crippen molar-refractivity contribution < 1.29 is 14.6 Å². The van der Waals surface area contributed by atoms with Crippen molar-refractivity contribution in [2.45, 2.75) is 13.3 Å². The normalized spacial score (nSPS) is 10.1. The lowest BCUT2D eigenvalue weighted by Crippen LogP contribution is -2.04. The molecule has 3 nitrogen and oxygen atoms in total. The summed E-state index contributed by atoms with van der Waals surface area (Å²) in [5, 5.41) is 9.51. The zero-order chi connectivity index (χ0) is 13.0. The molecule has 0 aromatic heterocycles. The number of esters is 1. The minimum absolute atomic E-state index is 0.164. The maximum absolute atomic E-state index is 11.0. The Balaban J connectivity index is 2.30. The van der Waals surface area contributed by atoms with Gasteiger partial charge in [0.05, 0.1) is 0 Å². The van der Waals surface area contributed by atoms with Crippen LogP contribution in [0.15, 0.2) is 48.5 Å². The van der Waals surface area contributed by atoms with E-state index in [-0.39, 0.29) is 11.7 Å². The monoisotopic (exact) mass is 242 g/mol. The van der Waals surface area contributed by atoms with Crippen LogP contribution >= 0.6 is 0 Å². The predicted octanol–water partition coefficient (Wildman–Crippen LogP) is 2.91.